The Morgan fingerprint density at radius 3 is 2.90 bits per heavy atom. The van der Waals surface area contributed by atoms with Crippen LogP contribution in [0.2, 0.25) is 0 Å². The first-order valence-electron chi connectivity index (χ1n) is 9.19. The highest BCUT2D eigenvalue weighted by Gasteiger charge is 2.15. The lowest BCUT2D eigenvalue weighted by molar-refractivity contribution is -0.385. The van der Waals surface area contributed by atoms with E-state index in [1.54, 1.807) is 31.2 Å². The van der Waals surface area contributed by atoms with Gasteiger partial charge in [0.05, 0.1) is 28.8 Å². The van der Waals surface area contributed by atoms with Gasteiger partial charge >= 0.3 is 5.69 Å². The molecule has 0 radical (unpaired) electrons. The third-order valence-corrected chi connectivity index (χ3v) is 4.14. The van der Waals surface area contributed by atoms with Crippen molar-refractivity contribution in [2.75, 3.05) is 6.61 Å². The standard InChI is InChI=1S/C20H19N5O5/c1-2-30-18-9-7-13(11-17(18)25(28)29)12-21-24-19(26)10-8-16-20(27)23-15-6-4-3-5-14(15)22-16/h3-7,9,11-12H,2,8,10H2,1H3,(H,23,27)(H,24,26)/b21-12-. The molecule has 0 unspecified atom stereocenters. The number of carbonyl (C=O) groups excluding carboxylic acids is 1. The first kappa shape index (κ1) is 20.6. The summed E-state index contributed by atoms with van der Waals surface area (Å²) < 4.78 is 5.22. The summed E-state index contributed by atoms with van der Waals surface area (Å²) in [5.41, 5.74) is 3.77. The molecule has 1 heterocycles. The fraction of sp³-hybridized carbons (Fsp3) is 0.200. The van der Waals surface area contributed by atoms with Crippen molar-refractivity contribution in [1.29, 1.82) is 0 Å². The van der Waals surface area contributed by atoms with Crippen molar-refractivity contribution in [2.24, 2.45) is 5.10 Å². The molecular formula is C20H19N5O5. The molecule has 0 aliphatic carbocycles. The maximum absolute atomic E-state index is 12.1. The Morgan fingerprint density at radius 2 is 2.13 bits per heavy atom. The molecule has 154 valence electrons. The van der Waals surface area contributed by atoms with Gasteiger partial charge in [-0.15, -0.1) is 0 Å². The van der Waals surface area contributed by atoms with Gasteiger partial charge in [0.1, 0.15) is 5.69 Å². The number of H-pyrrole nitrogens is 1. The fourth-order valence-corrected chi connectivity index (χ4v) is 2.74. The molecule has 10 nitrogen and oxygen atoms in total. The second kappa shape index (κ2) is 9.41. The molecule has 1 aromatic heterocycles. The molecule has 0 saturated heterocycles. The molecule has 2 aromatic carbocycles. The lowest BCUT2D eigenvalue weighted by Gasteiger charge is -2.04. The Kier molecular flexibility index (Phi) is 6.48. The number of aromatic amines is 1. The van der Waals surface area contributed by atoms with Crippen LogP contribution in [0.15, 0.2) is 52.4 Å². The normalized spacial score (nSPS) is 11.0. The number of hydrogen-bond donors (Lipinski definition) is 2. The highest BCUT2D eigenvalue weighted by Crippen LogP contribution is 2.27. The van der Waals surface area contributed by atoms with E-state index in [1.165, 1.54) is 18.3 Å². The average Bonchev–Trinajstić information content (AvgIpc) is 2.73. The zero-order valence-electron chi connectivity index (χ0n) is 16.1. The molecule has 3 rings (SSSR count). The summed E-state index contributed by atoms with van der Waals surface area (Å²) in [4.78, 5) is 41.7. The molecule has 0 bridgehead atoms. The van der Waals surface area contributed by atoms with Crippen molar-refractivity contribution >= 4 is 28.8 Å². The molecule has 3 aromatic rings. The second-order valence-corrected chi connectivity index (χ2v) is 6.24. The molecule has 2 N–H and O–H groups in total. The predicted molar refractivity (Wildman–Crippen MR) is 111 cm³/mol. The van der Waals surface area contributed by atoms with Crippen LogP contribution in [0.3, 0.4) is 0 Å². The molecule has 0 saturated carbocycles. The van der Waals surface area contributed by atoms with E-state index in [0.29, 0.717) is 23.2 Å². The molecule has 10 heteroatoms. The molecule has 0 aliphatic rings. The molecule has 0 aliphatic heterocycles. The van der Waals surface area contributed by atoms with Crippen molar-refractivity contribution in [3.05, 3.63) is 74.2 Å². The molecule has 30 heavy (non-hydrogen) atoms. The van der Waals surface area contributed by atoms with Crippen LogP contribution in [0.4, 0.5) is 5.69 Å². The summed E-state index contributed by atoms with van der Waals surface area (Å²) in [5.74, 6) is -0.252. The fourth-order valence-electron chi connectivity index (χ4n) is 2.74. The van der Waals surface area contributed by atoms with Gasteiger partial charge < -0.3 is 9.72 Å². The monoisotopic (exact) mass is 409 g/mol. The highest BCUT2D eigenvalue weighted by atomic mass is 16.6. The summed E-state index contributed by atoms with van der Waals surface area (Å²) in [6, 6.07) is 11.5. The molecule has 0 atom stereocenters. The summed E-state index contributed by atoms with van der Waals surface area (Å²) in [5, 5.41) is 14.9. The van der Waals surface area contributed by atoms with Gasteiger partial charge in [-0.3, -0.25) is 19.7 Å². The maximum atomic E-state index is 12.1. The van der Waals surface area contributed by atoms with Crippen molar-refractivity contribution in [3.8, 4) is 5.75 Å². The Bertz CT molecular complexity index is 1170. The van der Waals surface area contributed by atoms with Gasteiger partial charge in [-0.25, -0.2) is 10.4 Å². The summed E-state index contributed by atoms with van der Waals surface area (Å²) >= 11 is 0. The third kappa shape index (κ3) is 5.04. The van der Waals surface area contributed by atoms with E-state index in [-0.39, 0.29) is 35.5 Å². The van der Waals surface area contributed by atoms with Crippen LogP contribution in [0.1, 0.15) is 24.6 Å². The van der Waals surface area contributed by atoms with E-state index in [4.69, 9.17) is 4.74 Å². The Balaban J connectivity index is 1.60. The maximum Gasteiger partial charge on any atom is 0.311 e. The summed E-state index contributed by atoms with van der Waals surface area (Å²) in [7, 11) is 0. The number of hydrogen-bond acceptors (Lipinski definition) is 7. The lowest BCUT2D eigenvalue weighted by Crippen LogP contribution is -2.21. The number of benzene rings is 2. The topological polar surface area (TPSA) is 140 Å². The van der Waals surface area contributed by atoms with Crippen molar-refractivity contribution in [3.63, 3.8) is 0 Å². The quantitative estimate of drug-likeness (QED) is 0.332. The number of fused-ring (bicyclic) bond motifs is 1. The van der Waals surface area contributed by atoms with Crippen LogP contribution in [-0.4, -0.2) is 33.6 Å². The number of para-hydroxylation sites is 2. The zero-order chi connectivity index (χ0) is 21.5. The number of aromatic nitrogens is 2. The number of amides is 1. The molecule has 0 fully saturated rings. The van der Waals surface area contributed by atoms with E-state index >= 15 is 0 Å². The van der Waals surface area contributed by atoms with Gasteiger partial charge in [0.15, 0.2) is 5.75 Å². The van der Waals surface area contributed by atoms with E-state index in [9.17, 15) is 19.7 Å². The van der Waals surface area contributed by atoms with Crippen LogP contribution < -0.4 is 15.7 Å². The van der Waals surface area contributed by atoms with Crippen LogP contribution in [-0.2, 0) is 11.2 Å². The predicted octanol–water partition coefficient (Wildman–Crippen LogP) is 2.31. The van der Waals surface area contributed by atoms with E-state index in [1.807, 2.05) is 6.07 Å². The molecule has 1 amide bonds. The minimum Gasteiger partial charge on any atom is -0.487 e. The summed E-state index contributed by atoms with van der Waals surface area (Å²) in [6.45, 7) is 2.04. The number of nitrogens with one attached hydrogen (secondary N) is 2. The Hall–Kier alpha value is -4.08. The van der Waals surface area contributed by atoms with Crippen molar-refractivity contribution in [1.82, 2.24) is 15.4 Å². The van der Waals surface area contributed by atoms with Crippen molar-refractivity contribution < 1.29 is 14.5 Å². The number of carbonyl (C=O) groups is 1. The Labute approximate surface area is 170 Å². The van der Waals surface area contributed by atoms with Crippen LogP contribution >= 0.6 is 0 Å². The smallest absolute Gasteiger partial charge is 0.311 e. The van der Waals surface area contributed by atoms with Gasteiger partial charge in [0.2, 0.25) is 5.91 Å². The van der Waals surface area contributed by atoms with Gasteiger partial charge in [-0.2, -0.15) is 5.10 Å². The lowest BCUT2D eigenvalue weighted by atomic mass is 10.2. The number of nitro benzene ring substituents is 1. The van der Waals surface area contributed by atoms with E-state index in [0.717, 1.165) is 0 Å². The number of nitrogens with zero attached hydrogens (tertiary/aromatic N) is 3. The first-order valence-corrected chi connectivity index (χ1v) is 9.19. The highest BCUT2D eigenvalue weighted by molar-refractivity contribution is 5.83. The van der Waals surface area contributed by atoms with E-state index < -0.39 is 10.8 Å². The number of aryl methyl sites for hydroxylation is 1. The first-order chi connectivity index (χ1) is 14.5. The number of ether oxygens (including phenoxy) is 1. The van der Waals surface area contributed by atoms with Crippen LogP contribution in [0.5, 0.6) is 5.75 Å². The second-order valence-electron chi connectivity index (χ2n) is 6.24. The molecular weight excluding hydrogens is 390 g/mol. The molecule has 0 spiro atoms. The Morgan fingerprint density at radius 1 is 1.33 bits per heavy atom. The van der Waals surface area contributed by atoms with Crippen molar-refractivity contribution in [2.45, 2.75) is 19.8 Å². The largest absolute Gasteiger partial charge is 0.487 e. The number of hydrazone groups is 1. The van der Waals surface area contributed by atoms with Crippen LogP contribution in [0, 0.1) is 10.1 Å². The summed E-state index contributed by atoms with van der Waals surface area (Å²) in [6.07, 6.45) is 1.45. The average molecular weight is 409 g/mol. The van der Waals surface area contributed by atoms with Gasteiger partial charge in [0, 0.05) is 24.5 Å². The minimum absolute atomic E-state index is 0.00911. The van der Waals surface area contributed by atoms with Crippen LogP contribution in [0.25, 0.3) is 11.0 Å². The SMILES string of the molecule is CCOc1ccc(/C=N\NC(=O)CCc2nc3ccccc3[nH]c2=O)cc1[N+](=O)[O-]. The van der Waals surface area contributed by atoms with E-state index in [2.05, 4.69) is 20.5 Å². The third-order valence-electron chi connectivity index (χ3n) is 4.14. The van der Waals surface area contributed by atoms with Gasteiger partial charge in [-0.05, 0) is 31.2 Å². The number of nitro groups is 1. The minimum atomic E-state index is -0.547. The van der Waals surface area contributed by atoms with Gasteiger partial charge in [-0.1, -0.05) is 12.1 Å². The van der Waals surface area contributed by atoms with Gasteiger partial charge in [0.25, 0.3) is 5.56 Å². The zero-order valence-corrected chi connectivity index (χ0v) is 16.1. The number of rotatable bonds is 8.